The summed E-state index contributed by atoms with van der Waals surface area (Å²) in [7, 11) is 0. The van der Waals surface area contributed by atoms with Crippen molar-refractivity contribution in [3.05, 3.63) is 71.5 Å². The lowest BCUT2D eigenvalue weighted by Crippen LogP contribution is -2.37. The summed E-state index contributed by atoms with van der Waals surface area (Å²) < 4.78 is 13.9. The van der Waals surface area contributed by atoms with E-state index in [1.54, 1.807) is 6.07 Å². The molecule has 0 spiro atoms. The smallest absolute Gasteiger partial charge is 0.220 e. The minimum atomic E-state index is -0.115. The number of amides is 1. The maximum absolute atomic E-state index is 13.9. The molecule has 0 aromatic heterocycles. The van der Waals surface area contributed by atoms with Gasteiger partial charge >= 0.3 is 0 Å². The molecule has 4 rings (SSSR count). The van der Waals surface area contributed by atoms with Gasteiger partial charge in [-0.2, -0.15) is 0 Å². The van der Waals surface area contributed by atoms with E-state index in [-0.39, 0.29) is 17.8 Å². The predicted octanol–water partition coefficient (Wildman–Crippen LogP) is 4.21. The number of halogens is 1. The largest absolute Gasteiger partial charge is 0.352 e. The molecule has 0 saturated carbocycles. The van der Waals surface area contributed by atoms with Crippen LogP contribution < -0.4 is 5.32 Å². The Morgan fingerprint density at radius 1 is 0.903 bits per heavy atom. The highest BCUT2D eigenvalue weighted by Crippen LogP contribution is 2.24. The maximum atomic E-state index is 13.9. The summed E-state index contributed by atoms with van der Waals surface area (Å²) in [6.45, 7) is 5.59. The zero-order chi connectivity index (χ0) is 21.5. The van der Waals surface area contributed by atoms with Crippen molar-refractivity contribution in [2.24, 2.45) is 5.92 Å². The molecule has 2 aromatic carbocycles. The molecule has 0 radical (unpaired) electrons. The number of benzene rings is 2. The maximum Gasteiger partial charge on any atom is 0.220 e. The third-order valence-corrected chi connectivity index (χ3v) is 6.73. The Bertz CT molecular complexity index is 836. The summed E-state index contributed by atoms with van der Waals surface area (Å²) in [6.07, 6.45) is 4.80. The number of piperidine rings is 1. The average Bonchev–Trinajstić information content (AvgIpc) is 3.22. The minimum absolute atomic E-state index is 0.115. The van der Waals surface area contributed by atoms with E-state index in [0.717, 1.165) is 64.0 Å². The van der Waals surface area contributed by atoms with Crippen LogP contribution in [0.3, 0.4) is 0 Å². The van der Waals surface area contributed by atoms with Crippen LogP contribution >= 0.6 is 0 Å². The zero-order valence-electron chi connectivity index (χ0n) is 18.3. The number of carbonyl (C=O) groups excluding carboxylic acids is 1. The standard InChI is InChI=1S/C26H34FN3O/c27-25-9-5-4-8-23(25)19-29-15-12-21(13-16-29)10-11-26(31)28-24-14-17-30(20-24)18-22-6-2-1-3-7-22/h1-9,21,24H,10-20H2,(H,28,31)/t24-/m0/s1. The fraction of sp³-hybridized carbons (Fsp3) is 0.500. The van der Waals surface area contributed by atoms with E-state index in [1.807, 2.05) is 18.2 Å². The molecule has 2 saturated heterocycles. The summed E-state index contributed by atoms with van der Waals surface area (Å²) >= 11 is 0. The van der Waals surface area contributed by atoms with Crippen molar-refractivity contribution in [1.82, 2.24) is 15.1 Å². The fourth-order valence-corrected chi connectivity index (χ4v) is 4.87. The third-order valence-electron chi connectivity index (χ3n) is 6.73. The fourth-order valence-electron chi connectivity index (χ4n) is 4.87. The molecule has 1 atom stereocenters. The highest BCUT2D eigenvalue weighted by Gasteiger charge is 2.25. The molecule has 1 amide bonds. The van der Waals surface area contributed by atoms with Crippen molar-refractivity contribution >= 4 is 5.91 Å². The number of nitrogens with one attached hydrogen (secondary N) is 1. The Balaban J connectivity index is 1.12. The number of likely N-dealkylation sites (tertiary alicyclic amines) is 2. The lowest BCUT2D eigenvalue weighted by molar-refractivity contribution is -0.122. The molecule has 31 heavy (non-hydrogen) atoms. The van der Waals surface area contributed by atoms with Crippen LogP contribution in [0.15, 0.2) is 54.6 Å². The van der Waals surface area contributed by atoms with Gasteiger partial charge in [0.25, 0.3) is 0 Å². The van der Waals surface area contributed by atoms with Gasteiger partial charge in [0, 0.05) is 44.2 Å². The van der Waals surface area contributed by atoms with Crippen molar-refractivity contribution < 1.29 is 9.18 Å². The Labute approximate surface area is 185 Å². The number of hydrogen-bond donors (Lipinski definition) is 1. The van der Waals surface area contributed by atoms with Crippen molar-refractivity contribution in [2.75, 3.05) is 26.2 Å². The van der Waals surface area contributed by atoms with Crippen molar-refractivity contribution in [3.63, 3.8) is 0 Å². The van der Waals surface area contributed by atoms with E-state index >= 15 is 0 Å². The summed E-state index contributed by atoms with van der Waals surface area (Å²) in [5, 5.41) is 3.25. The monoisotopic (exact) mass is 423 g/mol. The number of carbonyl (C=O) groups is 1. The molecule has 2 aromatic rings. The van der Waals surface area contributed by atoms with Gasteiger partial charge in [-0.1, -0.05) is 48.5 Å². The quantitative estimate of drug-likeness (QED) is 0.691. The molecule has 1 N–H and O–H groups in total. The van der Waals surface area contributed by atoms with Crippen LogP contribution in [0.25, 0.3) is 0 Å². The normalized spacial score (nSPS) is 20.7. The second-order valence-corrected chi connectivity index (χ2v) is 9.12. The van der Waals surface area contributed by atoms with Gasteiger partial charge in [0.2, 0.25) is 5.91 Å². The van der Waals surface area contributed by atoms with Gasteiger partial charge in [0.1, 0.15) is 5.82 Å². The number of nitrogens with zero attached hydrogens (tertiary/aromatic N) is 2. The van der Waals surface area contributed by atoms with Gasteiger partial charge in [-0.15, -0.1) is 0 Å². The zero-order valence-corrected chi connectivity index (χ0v) is 18.3. The number of rotatable bonds is 8. The molecule has 4 nitrogen and oxygen atoms in total. The molecule has 2 fully saturated rings. The van der Waals surface area contributed by atoms with E-state index in [1.165, 1.54) is 11.6 Å². The van der Waals surface area contributed by atoms with Gasteiger partial charge in [-0.3, -0.25) is 14.6 Å². The minimum Gasteiger partial charge on any atom is -0.352 e. The van der Waals surface area contributed by atoms with E-state index in [2.05, 4.69) is 39.4 Å². The Hall–Kier alpha value is -2.24. The topological polar surface area (TPSA) is 35.6 Å². The average molecular weight is 424 g/mol. The number of hydrogen-bond acceptors (Lipinski definition) is 3. The molecule has 2 aliphatic heterocycles. The molecule has 2 heterocycles. The van der Waals surface area contributed by atoms with Gasteiger partial charge < -0.3 is 5.32 Å². The van der Waals surface area contributed by atoms with Crippen LogP contribution in [0, 0.1) is 11.7 Å². The van der Waals surface area contributed by atoms with E-state index in [4.69, 9.17) is 0 Å². The second-order valence-electron chi connectivity index (χ2n) is 9.12. The van der Waals surface area contributed by atoms with Gasteiger partial charge in [-0.05, 0) is 56.3 Å². The van der Waals surface area contributed by atoms with Crippen LogP contribution in [0.4, 0.5) is 4.39 Å². The second kappa shape index (κ2) is 10.9. The molecule has 0 aliphatic carbocycles. The highest BCUT2D eigenvalue weighted by atomic mass is 19.1. The predicted molar refractivity (Wildman–Crippen MR) is 122 cm³/mol. The molecule has 0 unspecified atom stereocenters. The van der Waals surface area contributed by atoms with Crippen molar-refractivity contribution in [3.8, 4) is 0 Å². The Morgan fingerprint density at radius 3 is 2.39 bits per heavy atom. The molecule has 0 bridgehead atoms. The first-order chi connectivity index (χ1) is 15.2. The molecule has 166 valence electrons. The van der Waals surface area contributed by atoms with E-state index < -0.39 is 0 Å². The van der Waals surface area contributed by atoms with E-state index in [9.17, 15) is 9.18 Å². The van der Waals surface area contributed by atoms with Crippen LogP contribution in [-0.2, 0) is 17.9 Å². The first-order valence-corrected chi connectivity index (χ1v) is 11.7. The van der Waals surface area contributed by atoms with Crippen LogP contribution in [-0.4, -0.2) is 47.9 Å². The summed E-state index contributed by atoms with van der Waals surface area (Å²) in [5.41, 5.74) is 2.11. The van der Waals surface area contributed by atoms with Crippen LogP contribution in [0.5, 0.6) is 0 Å². The van der Waals surface area contributed by atoms with Crippen LogP contribution in [0.1, 0.15) is 43.2 Å². The highest BCUT2D eigenvalue weighted by molar-refractivity contribution is 5.76. The van der Waals surface area contributed by atoms with Crippen molar-refractivity contribution in [1.29, 1.82) is 0 Å². The molecular formula is C26H34FN3O. The molecule has 2 aliphatic rings. The van der Waals surface area contributed by atoms with Gasteiger partial charge in [-0.25, -0.2) is 4.39 Å². The first-order valence-electron chi connectivity index (χ1n) is 11.7. The summed E-state index contributed by atoms with van der Waals surface area (Å²) in [5.74, 6) is 0.677. The third kappa shape index (κ3) is 6.62. The lowest BCUT2D eigenvalue weighted by atomic mass is 9.91. The lowest BCUT2D eigenvalue weighted by Gasteiger charge is -2.32. The first kappa shape index (κ1) is 22.0. The summed E-state index contributed by atoms with van der Waals surface area (Å²) in [4.78, 5) is 17.2. The summed E-state index contributed by atoms with van der Waals surface area (Å²) in [6, 6.07) is 17.8. The molecular weight excluding hydrogens is 389 g/mol. The SMILES string of the molecule is O=C(CCC1CCN(Cc2ccccc2F)CC1)N[C@H]1CCN(Cc2ccccc2)C1. The van der Waals surface area contributed by atoms with Crippen LogP contribution in [0.2, 0.25) is 0 Å². The van der Waals surface area contributed by atoms with Crippen molar-refractivity contribution in [2.45, 2.75) is 51.2 Å². The Kier molecular flexibility index (Phi) is 7.71. The van der Waals surface area contributed by atoms with Gasteiger partial charge in [0.15, 0.2) is 0 Å². The Morgan fingerprint density at radius 2 is 1.61 bits per heavy atom. The van der Waals surface area contributed by atoms with Gasteiger partial charge in [0.05, 0.1) is 0 Å². The molecule has 5 heteroatoms. The van der Waals surface area contributed by atoms with E-state index in [0.29, 0.717) is 18.9 Å².